The van der Waals surface area contributed by atoms with Crippen LogP contribution in [0.4, 0.5) is 5.82 Å². The first-order chi connectivity index (χ1) is 16.9. The number of nitrogens with one attached hydrogen (secondary N) is 1. The number of aromatic nitrogens is 2. The molecule has 8 nitrogen and oxygen atoms in total. The van der Waals surface area contributed by atoms with E-state index in [0.717, 1.165) is 43.7 Å². The molecule has 0 bridgehead atoms. The maximum absolute atomic E-state index is 13.1. The van der Waals surface area contributed by atoms with E-state index < -0.39 is 0 Å². The third-order valence-electron chi connectivity index (χ3n) is 5.69. The number of benzene rings is 2. The third kappa shape index (κ3) is 6.14. The molecule has 184 valence electrons. The second-order valence-corrected chi connectivity index (χ2v) is 8.78. The number of carbonyl (C=O) groups is 2. The van der Waals surface area contributed by atoms with Crippen LogP contribution in [0.3, 0.4) is 0 Å². The number of likely N-dealkylation sites (tertiary alicyclic amines) is 1. The Morgan fingerprint density at radius 1 is 1.03 bits per heavy atom. The molecule has 1 aliphatic heterocycles. The third-order valence-corrected chi connectivity index (χ3v) is 5.93. The lowest BCUT2D eigenvalue weighted by Crippen LogP contribution is -2.38. The molecule has 1 aromatic heterocycles. The van der Waals surface area contributed by atoms with E-state index in [4.69, 9.17) is 21.1 Å². The Morgan fingerprint density at radius 2 is 1.83 bits per heavy atom. The van der Waals surface area contributed by atoms with Crippen LogP contribution in [0.2, 0.25) is 5.02 Å². The van der Waals surface area contributed by atoms with Crippen LogP contribution in [0.25, 0.3) is 5.69 Å². The number of anilines is 1. The van der Waals surface area contributed by atoms with Crippen molar-refractivity contribution in [2.24, 2.45) is 0 Å². The van der Waals surface area contributed by atoms with Gasteiger partial charge in [-0.1, -0.05) is 17.7 Å². The van der Waals surface area contributed by atoms with Gasteiger partial charge >= 0.3 is 0 Å². The minimum atomic E-state index is -0.329. The summed E-state index contributed by atoms with van der Waals surface area (Å²) >= 11 is 6.13. The molecule has 2 heterocycles. The van der Waals surface area contributed by atoms with Gasteiger partial charge in [0.25, 0.3) is 11.8 Å². The zero-order valence-corrected chi connectivity index (χ0v) is 20.7. The second-order valence-electron chi connectivity index (χ2n) is 8.34. The number of halogens is 1. The fourth-order valence-electron chi connectivity index (χ4n) is 3.99. The minimum absolute atomic E-state index is 0.0429. The molecule has 1 fully saturated rings. The van der Waals surface area contributed by atoms with Gasteiger partial charge in [0.2, 0.25) is 0 Å². The Morgan fingerprint density at radius 3 is 2.57 bits per heavy atom. The predicted molar refractivity (Wildman–Crippen MR) is 135 cm³/mol. The van der Waals surface area contributed by atoms with Gasteiger partial charge in [-0.3, -0.25) is 9.59 Å². The Balaban J connectivity index is 1.49. The summed E-state index contributed by atoms with van der Waals surface area (Å²) < 4.78 is 13.1. The number of nitrogens with zero attached hydrogens (tertiary/aromatic N) is 3. The summed E-state index contributed by atoms with van der Waals surface area (Å²) in [5.74, 6) is 0.976. The van der Waals surface area contributed by atoms with Crippen LogP contribution in [0.15, 0.2) is 48.5 Å². The zero-order chi connectivity index (χ0) is 24.8. The lowest BCUT2D eigenvalue weighted by atomic mass is 10.1. The van der Waals surface area contributed by atoms with Crippen LogP contribution >= 0.6 is 11.6 Å². The van der Waals surface area contributed by atoms with Crippen molar-refractivity contribution in [3.63, 3.8) is 0 Å². The topological polar surface area (TPSA) is 85.7 Å². The van der Waals surface area contributed by atoms with Crippen molar-refractivity contribution >= 4 is 29.2 Å². The van der Waals surface area contributed by atoms with Crippen molar-refractivity contribution in [2.45, 2.75) is 33.1 Å². The quantitative estimate of drug-likeness (QED) is 0.480. The van der Waals surface area contributed by atoms with Gasteiger partial charge < -0.3 is 19.7 Å². The summed E-state index contributed by atoms with van der Waals surface area (Å²) in [4.78, 5) is 27.4. The molecule has 4 rings (SSSR count). The standard InChI is InChI=1S/C26H29ClN4O4/c1-3-34-23-15-19(10-11-22(23)35-17-25(32)30-12-5-4-6-13-30)26(33)28-24-14-18(2)29-31(24)21-9-7-8-20(27)16-21/h7-11,14-16H,3-6,12-13,17H2,1-2H3,(H,28,33). The van der Waals surface area contributed by atoms with E-state index in [0.29, 0.717) is 34.5 Å². The van der Waals surface area contributed by atoms with E-state index in [2.05, 4.69) is 10.4 Å². The van der Waals surface area contributed by atoms with Crippen LogP contribution in [-0.2, 0) is 4.79 Å². The first kappa shape index (κ1) is 24.6. The number of piperidine rings is 1. The summed E-state index contributed by atoms with van der Waals surface area (Å²) in [6, 6.07) is 13.9. The minimum Gasteiger partial charge on any atom is -0.490 e. The first-order valence-electron chi connectivity index (χ1n) is 11.8. The summed E-state index contributed by atoms with van der Waals surface area (Å²) in [7, 11) is 0. The predicted octanol–water partition coefficient (Wildman–Crippen LogP) is 4.88. The second kappa shape index (κ2) is 11.3. The summed E-state index contributed by atoms with van der Waals surface area (Å²) in [6.07, 6.45) is 3.20. The number of amides is 2. The highest BCUT2D eigenvalue weighted by Gasteiger charge is 2.19. The Hall–Kier alpha value is -3.52. The number of carbonyl (C=O) groups excluding carboxylic acids is 2. The van der Waals surface area contributed by atoms with Crippen LogP contribution in [-0.4, -0.2) is 52.8 Å². The lowest BCUT2D eigenvalue weighted by molar-refractivity contribution is -0.134. The highest BCUT2D eigenvalue weighted by Crippen LogP contribution is 2.29. The van der Waals surface area contributed by atoms with Gasteiger partial charge in [0.1, 0.15) is 5.82 Å². The number of aryl methyl sites for hydroxylation is 1. The molecular weight excluding hydrogens is 468 g/mol. The molecule has 35 heavy (non-hydrogen) atoms. The number of ether oxygens (including phenoxy) is 2. The average Bonchev–Trinajstić information content (AvgIpc) is 3.23. The largest absolute Gasteiger partial charge is 0.490 e. The van der Waals surface area contributed by atoms with Crippen LogP contribution in [0, 0.1) is 6.92 Å². The molecule has 2 amide bonds. The molecule has 0 atom stereocenters. The van der Waals surface area contributed by atoms with Crippen LogP contribution in [0.5, 0.6) is 11.5 Å². The molecule has 1 aliphatic rings. The Bertz CT molecular complexity index is 1200. The monoisotopic (exact) mass is 496 g/mol. The van der Waals surface area contributed by atoms with Gasteiger partial charge in [0.05, 0.1) is 18.0 Å². The van der Waals surface area contributed by atoms with Gasteiger partial charge in [-0.05, 0) is 69.5 Å². The van der Waals surface area contributed by atoms with Gasteiger partial charge in [0.15, 0.2) is 18.1 Å². The average molecular weight is 497 g/mol. The molecule has 0 aliphatic carbocycles. The van der Waals surface area contributed by atoms with Gasteiger partial charge in [-0.25, -0.2) is 4.68 Å². The number of hydrogen-bond donors (Lipinski definition) is 1. The maximum atomic E-state index is 13.1. The van der Waals surface area contributed by atoms with Crippen LogP contribution < -0.4 is 14.8 Å². The molecule has 3 aromatic rings. The smallest absolute Gasteiger partial charge is 0.260 e. The Kier molecular flexibility index (Phi) is 7.92. The van der Waals surface area contributed by atoms with E-state index >= 15 is 0 Å². The fraction of sp³-hybridized carbons (Fsp3) is 0.346. The summed E-state index contributed by atoms with van der Waals surface area (Å²) in [6.45, 7) is 5.56. The lowest BCUT2D eigenvalue weighted by Gasteiger charge is -2.26. The van der Waals surface area contributed by atoms with E-state index in [1.54, 1.807) is 41.1 Å². The van der Waals surface area contributed by atoms with Crippen molar-refractivity contribution in [2.75, 3.05) is 31.6 Å². The highest BCUT2D eigenvalue weighted by atomic mass is 35.5. The van der Waals surface area contributed by atoms with E-state index in [9.17, 15) is 9.59 Å². The summed E-state index contributed by atoms with van der Waals surface area (Å²) in [5.41, 5.74) is 1.87. The molecular formula is C26H29ClN4O4. The van der Waals surface area contributed by atoms with Gasteiger partial charge in [0, 0.05) is 29.7 Å². The number of rotatable bonds is 8. The molecule has 2 aromatic carbocycles. The van der Waals surface area contributed by atoms with E-state index in [1.165, 1.54) is 0 Å². The molecule has 0 unspecified atom stereocenters. The first-order valence-corrected chi connectivity index (χ1v) is 12.1. The molecule has 0 saturated carbocycles. The highest BCUT2D eigenvalue weighted by molar-refractivity contribution is 6.30. The van der Waals surface area contributed by atoms with Gasteiger partial charge in [-0.15, -0.1) is 0 Å². The SMILES string of the molecule is CCOc1cc(C(=O)Nc2cc(C)nn2-c2cccc(Cl)c2)ccc1OCC(=O)N1CCCCC1. The summed E-state index contributed by atoms with van der Waals surface area (Å²) in [5, 5.41) is 7.95. The normalized spacial score (nSPS) is 13.4. The van der Waals surface area contributed by atoms with Crippen LogP contribution in [0.1, 0.15) is 42.2 Å². The van der Waals surface area contributed by atoms with Crippen molar-refractivity contribution < 1.29 is 19.1 Å². The van der Waals surface area contributed by atoms with E-state index in [1.807, 2.05) is 30.9 Å². The Labute approximate surface area is 209 Å². The zero-order valence-electron chi connectivity index (χ0n) is 19.9. The molecule has 1 saturated heterocycles. The van der Waals surface area contributed by atoms with Crippen molar-refractivity contribution in [3.05, 3.63) is 64.8 Å². The van der Waals surface area contributed by atoms with Crippen molar-refractivity contribution in [1.82, 2.24) is 14.7 Å². The number of hydrogen-bond acceptors (Lipinski definition) is 5. The maximum Gasteiger partial charge on any atom is 0.260 e. The fourth-order valence-corrected chi connectivity index (χ4v) is 4.18. The van der Waals surface area contributed by atoms with Gasteiger partial charge in [-0.2, -0.15) is 5.10 Å². The molecule has 9 heteroatoms. The molecule has 0 spiro atoms. The molecule has 0 radical (unpaired) electrons. The van der Waals surface area contributed by atoms with Crippen molar-refractivity contribution in [1.29, 1.82) is 0 Å². The molecule has 1 N–H and O–H groups in total. The van der Waals surface area contributed by atoms with Crippen molar-refractivity contribution in [3.8, 4) is 17.2 Å². The van der Waals surface area contributed by atoms with E-state index in [-0.39, 0.29) is 18.4 Å².